The molecule has 0 radical (unpaired) electrons. The van der Waals surface area contributed by atoms with E-state index in [2.05, 4.69) is 77.3 Å². The Labute approximate surface area is 173 Å². The van der Waals surface area contributed by atoms with E-state index >= 15 is 0 Å². The summed E-state index contributed by atoms with van der Waals surface area (Å²) in [5, 5.41) is 1.47. The molecule has 0 spiro atoms. The zero-order chi connectivity index (χ0) is 17.5. The Hall–Kier alpha value is -0.119. The molecule has 0 saturated heterocycles. The maximum atomic E-state index is 6.45. The quantitative estimate of drug-likeness (QED) is 0.528. The Balaban J connectivity index is 0.00000288. The first kappa shape index (κ1) is 24.9. The first-order valence-electron chi connectivity index (χ1n) is 8.40. The second-order valence-corrected chi connectivity index (χ2v) is 15.4. The Kier molecular flexibility index (Phi) is 9.15. The van der Waals surface area contributed by atoms with Crippen molar-refractivity contribution in [1.29, 1.82) is 0 Å². The van der Waals surface area contributed by atoms with Gasteiger partial charge in [0, 0.05) is 0 Å². The van der Waals surface area contributed by atoms with Crippen LogP contribution in [0.1, 0.15) is 33.3 Å². The van der Waals surface area contributed by atoms with Gasteiger partial charge in [0.05, 0.1) is 0 Å². The van der Waals surface area contributed by atoms with Crippen molar-refractivity contribution in [1.82, 2.24) is 0 Å². The molecule has 1 unspecified atom stereocenters. The molecule has 1 aliphatic carbocycles. The van der Waals surface area contributed by atoms with Crippen molar-refractivity contribution in [3.05, 3.63) is 44.4 Å². The SMILES string of the molecule is Cl.Cl.[CH2]=[Ti]([O]c1cc(C)cc([Si](C)(C)C)c1)[C]1=C(C)C(C)=C(C)C1C. The third-order valence-electron chi connectivity index (χ3n) is 5.10. The van der Waals surface area contributed by atoms with Crippen molar-refractivity contribution in [3.63, 3.8) is 0 Å². The van der Waals surface area contributed by atoms with Crippen LogP contribution in [0.4, 0.5) is 0 Å². The fourth-order valence-corrected chi connectivity index (χ4v) is 7.33. The van der Waals surface area contributed by atoms with Crippen LogP contribution in [0, 0.1) is 12.8 Å². The average Bonchev–Trinajstić information content (AvgIpc) is 2.61. The first-order chi connectivity index (χ1) is 10.5. The number of allylic oxidation sites excluding steroid dienone is 4. The van der Waals surface area contributed by atoms with E-state index in [4.69, 9.17) is 3.32 Å². The summed E-state index contributed by atoms with van der Waals surface area (Å²) in [7, 11) is -1.33. The predicted molar refractivity (Wildman–Crippen MR) is 117 cm³/mol. The molecule has 0 N–H and O–H groups in total. The van der Waals surface area contributed by atoms with Crippen LogP contribution in [0.2, 0.25) is 19.6 Å². The second kappa shape index (κ2) is 9.19. The molecule has 1 aliphatic rings. The molecule has 0 bridgehead atoms. The molecule has 0 fully saturated rings. The van der Waals surface area contributed by atoms with Gasteiger partial charge in [-0.25, -0.2) is 0 Å². The van der Waals surface area contributed by atoms with Crippen molar-refractivity contribution in [3.8, 4) is 5.75 Å². The first-order valence-corrected chi connectivity index (χ1v) is 14.4. The zero-order valence-electron chi connectivity index (χ0n) is 16.7. The van der Waals surface area contributed by atoms with Crippen LogP contribution in [0.3, 0.4) is 0 Å². The van der Waals surface area contributed by atoms with Gasteiger partial charge >= 0.3 is 149 Å². The number of halogens is 2. The van der Waals surface area contributed by atoms with Crippen molar-refractivity contribution in [2.75, 3.05) is 0 Å². The van der Waals surface area contributed by atoms with Crippen LogP contribution in [0.15, 0.2) is 38.8 Å². The van der Waals surface area contributed by atoms with Crippen LogP contribution in [-0.4, -0.2) is 12.9 Å². The summed E-state index contributed by atoms with van der Waals surface area (Å²) >= 11 is -1.97. The number of aryl methyl sites for hydroxylation is 1. The van der Waals surface area contributed by atoms with Gasteiger partial charge in [0.25, 0.3) is 0 Å². The van der Waals surface area contributed by atoms with Gasteiger partial charge in [0.1, 0.15) is 0 Å². The molecule has 5 heteroatoms. The predicted octanol–water partition coefficient (Wildman–Crippen LogP) is 5.99. The minimum absolute atomic E-state index is 0. The van der Waals surface area contributed by atoms with Gasteiger partial charge in [-0.05, 0) is 0 Å². The maximum absolute atomic E-state index is 6.45. The summed E-state index contributed by atoms with van der Waals surface area (Å²) in [6, 6.07) is 6.75. The van der Waals surface area contributed by atoms with Gasteiger partial charge in [-0.15, -0.1) is 24.8 Å². The molecule has 0 heterocycles. The van der Waals surface area contributed by atoms with E-state index in [0.29, 0.717) is 5.92 Å². The third kappa shape index (κ3) is 5.43. The Morgan fingerprint density at radius 2 is 1.52 bits per heavy atom. The van der Waals surface area contributed by atoms with Gasteiger partial charge < -0.3 is 0 Å². The van der Waals surface area contributed by atoms with Crippen LogP contribution in [-0.2, 0) is 17.8 Å². The standard InChI is InChI=1S/C10H16OSi.C9H13.CH2.2ClH.Ti/c1-8-5-9(11)7-10(6-8)12(2,3)4;1-6-5-7(2)9(4)8(6)3;;;;/h5-7,11H,1-4H3;6H,1-4H3;1H2;2*1H;/q;;;;;+1/p-1. The molecule has 1 aromatic rings. The van der Waals surface area contributed by atoms with Crippen molar-refractivity contribution < 1.29 is 21.1 Å². The molecule has 140 valence electrons. The molecule has 2 rings (SSSR count). The van der Waals surface area contributed by atoms with Gasteiger partial charge in [0.15, 0.2) is 0 Å². The van der Waals surface area contributed by atoms with Crippen LogP contribution in [0.5, 0.6) is 5.75 Å². The van der Waals surface area contributed by atoms with Crippen LogP contribution >= 0.6 is 24.8 Å². The molecule has 1 aromatic carbocycles. The summed E-state index contributed by atoms with van der Waals surface area (Å²) in [4.78, 5) is 4.48. The molecule has 1 atom stereocenters. The van der Waals surface area contributed by atoms with E-state index < -0.39 is 25.9 Å². The summed E-state index contributed by atoms with van der Waals surface area (Å²) in [5.74, 6) is 1.53. The summed E-state index contributed by atoms with van der Waals surface area (Å²) < 4.78 is 7.94. The average molecular weight is 435 g/mol. The Bertz CT molecular complexity index is 730. The molecule has 0 saturated carbocycles. The van der Waals surface area contributed by atoms with Crippen molar-refractivity contribution >= 4 is 42.9 Å². The monoisotopic (exact) mass is 434 g/mol. The summed E-state index contributed by atoms with van der Waals surface area (Å²) in [6.07, 6.45) is 0. The fraction of sp³-hybridized carbons (Fsp3) is 0.450. The van der Waals surface area contributed by atoms with E-state index in [1.807, 2.05) is 0 Å². The molecular weight excluding hydrogens is 403 g/mol. The number of rotatable bonds is 4. The zero-order valence-corrected chi connectivity index (χ0v) is 20.9. The van der Waals surface area contributed by atoms with Crippen molar-refractivity contribution in [2.24, 2.45) is 5.92 Å². The minimum atomic E-state index is -1.97. The van der Waals surface area contributed by atoms with Gasteiger partial charge in [-0.2, -0.15) is 0 Å². The molecule has 0 aromatic heterocycles. The molecule has 25 heavy (non-hydrogen) atoms. The fourth-order valence-electron chi connectivity index (χ4n) is 3.25. The van der Waals surface area contributed by atoms with E-state index in [1.54, 1.807) is 0 Å². The van der Waals surface area contributed by atoms with Gasteiger partial charge in [0.2, 0.25) is 0 Å². The molecular formula is C20H32Cl2OSiTi. The topological polar surface area (TPSA) is 9.23 Å². The second-order valence-electron chi connectivity index (χ2n) is 7.88. The number of hydrogen-bond acceptors (Lipinski definition) is 1. The number of hydrogen-bond donors (Lipinski definition) is 0. The van der Waals surface area contributed by atoms with Crippen LogP contribution in [0.25, 0.3) is 0 Å². The molecule has 1 nitrogen and oxygen atoms in total. The van der Waals surface area contributed by atoms with E-state index in [9.17, 15) is 0 Å². The Morgan fingerprint density at radius 3 is 1.96 bits per heavy atom. The Morgan fingerprint density at radius 1 is 0.960 bits per heavy atom. The van der Waals surface area contributed by atoms with Crippen molar-refractivity contribution in [2.45, 2.75) is 54.3 Å². The van der Waals surface area contributed by atoms with E-state index in [1.165, 1.54) is 31.3 Å². The number of benzene rings is 1. The summed E-state index contributed by atoms with van der Waals surface area (Å²) in [5.41, 5.74) is 5.65. The normalized spacial score (nSPS) is 17.2. The van der Waals surface area contributed by atoms with E-state index in [-0.39, 0.29) is 24.8 Å². The van der Waals surface area contributed by atoms with Gasteiger partial charge in [-0.3, -0.25) is 0 Å². The summed E-state index contributed by atoms with van der Waals surface area (Å²) in [6.45, 7) is 18.3. The van der Waals surface area contributed by atoms with Crippen LogP contribution < -0.4 is 8.51 Å². The molecule has 0 aliphatic heterocycles. The van der Waals surface area contributed by atoms with E-state index in [0.717, 1.165) is 5.75 Å². The van der Waals surface area contributed by atoms with Gasteiger partial charge in [-0.1, -0.05) is 0 Å². The third-order valence-corrected chi connectivity index (χ3v) is 10.1. The molecule has 0 amide bonds.